The lowest BCUT2D eigenvalue weighted by Crippen LogP contribution is -3.00. The predicted molar refractivity (Wildman–Crippen MR) is 201 cm³/mol. The zero-order valence-corrected chi connectivity index (χ0v) is 33.5. The Morgan fingerprint density at radius 2 is 1.81 bits per heavy atom. The molecule has 0 aliphatic rings. The van der Waals surface area contributed by atoms with E-state index in [0.717, 1.165) is 23.8 Å². The third kappa shape index (κ3) is 10.9. The molecule has 3 aromatic carbocycles. The standard InChI is InChI=1S/C38H38F2N7O7S.2ClH/c1-5-52-36(49)47(33-9-7-6-8-28(33)19-53-34(48)18-42-4)37(50)54-25(3)45-22-43-46(23-45)21-38(51,30-16-29(39)14-15-31(30)40)24(2)35-44-32(20-55-35)27-12-10-26(17-41)11-13-27;;/h6-16,20,22-25,42,51H,5,18-19,21H2,1-4H3;2*1H/q+1;;/p-1. The second-order valence-electron chi connectivity index (χ2n) is 12.3. The van der Waals surface area contributed by atoms with Gasteiger partial charge in [0, 0.05) is 40.0 Å². The van der Waals surface area contributed by atoms with Crippen molar-refractivity contribution in [2.75, 3.05) is 25.1 Å². The van der Waals surface area contributed by atoms with E-state index in [1.165, 1.54) is 46.2 Å². The molecule has 57 heavy (non-hydrogen) atoms. The zero-order chi connectivity index (χ0) is 39.7. The van der Waals surface area contributed by atoms with Crippen molar-refractivity contribution in [3.63, 3.8) is 0 Å². The van der Waals surface area contributed by atoms with E-state index in [1.54, 1.807) is 68.7 Å². The summed E-state index contributed by atoms with van der Waals surface area (Å²) in [7, 11) is 1.58. The number of aliphatic hydroxyl groups is 1. The van der Waals surface area contributed by atoms with E-state index >= 15 is 4.39 Å². The van der Waals surface area contributed by atoms with Crippen molar-refractivity contribution in [1.82, 2.24) is 20.1 Å². The molecule has 2 amide bonds. The minimum absolute atomic E-state index is 0. The summed E-state index contributed by atoms with van der Waals surface area (Å²) in [6.07, 6.45) is -0.560. The molecule has 5 aromatic rings. The summed E-state index contributed by atoms with van der Waals surface area (Å²) in [6, 6.07) is 17.9. The Labute approximate surface area is 343 Å². The molecule has 0 bridgehead atoms. The molecule has 5 rings (SSSR count). The number of para-hydroxylation sites is 1. The summed E-state index contributed by atoms with van der Waals surface area (Å²) in [5.74, 6) is -3.06. The third-order valence-electron chi connectivity index (χ3n) is 8.58. The van der Waals surface area contributed by atoms with E-state index in [1.807, 2.05) is 0 Å². The van der Waals surface area contributed by atoms with E-state index in [4.69, 9.17) is 19.5 Å². The first-order valence-electron chi connectivity index (χ1n) is 17.0. The number of hydrogen-bond donors (Lipinski definition) is 2. The third-order valence-corrected chi connectivity index (χ3v) is 9.61. The first kappa shape index (κ1) is 45.9. The lowest BCUT2D eigenvalue weighted by atomic mass is 9.82. The first-order chi connectivity index (χ1) is 26.4. The van der Waals surface area contributed by atoms with Gasteiger partial charge in [0.05, 0.1) is 41.2 Å². The lowest BCUT2D eigenvalue weighted by Gasteiger charge is -2.32. The minimum Gasteiger partial charge on any atom is -1.00 e. The number of thiazole rings is 1. The van der Waals surface area contributed by atoms with Crippen LogP contribution in [0.5, 0.6) is 0 Å². The fourth-order valence-electron chi connectivity index (χ4n) is 5.60. The maximum absolute atomic E-state index is 15.4. The molecule has 302 valence electrons. The number of likely N-dealkylation sites (N-methyl/N-ethyl adjacent to an activating group) is 1. The smallest absolute Gasteiger partial charge is 0.426 e. The number of benzene rings is 3. The van der Waals surface area contributed by atoms with Gasteiger partial charge in [-0.05, 0) is 50.4 Å². The number of rotatable bonds is 14. The van der Waals surface area contributed by atoms with E-state index in [9.17, 15) is 23.9 Å². The van der Waals surface area contributed by atoms with Crippen molar-refractivity contribution in [3.8, 4) is 17.3 Å². The van der Waals surface area contributed by atoms with Crippen molar-refractivity contribution < 1.29 is 59.5 Å². The van der Waals surface area contributed by atoms with Gasteiger partial charge in [0.25, 0.3) is 6.33 Å². The average Bonchev–Trinajstić information content (AvgIpc) is 3.86. The number of amides is 2. The largest absolute Gasteiger partial charge is 1.00 e. The van der Waals surface area contributed by atoms with Gasteiger partial charge >= 0.3 is 18.2 Å². The minimum atomic E-state index is -2.10. The van der Waals surface area contributed by atoms with E-state index < -0.39 is 47.5 Å². The Morgan fingerprint density at radius 3 is 2.49 bits per heavy atom. The summed E-state index contributed by atoms with van der Waals surface area (Å²) in [4.78, 5) is 44.1. The van der Waals surface area contributed by atoms with Crippen molar-refractivity contribution >= 4 is 47.6 Å². The maximum atomic E-state index is 15.4. The molecule has 0 saturated carbocycles. The molecule has 0 fully saturated rings. The SMILES string of the molecule is CCOC(=O)N(C(=O)OC(C)[n+]1cnn(CC(O)(c2cc(F)ccc2F)C(C)c2nc(-c3ccc(C#N)cc3)cs2)c1)c1ccccc1COC(=O)CNC.Cl.[Cl-]. The molecule has 2 heterocycles. The molecular weight excluding hydrogens is 807 g/mol. The van der Waals surface area contributed by atoms with Gasteiger partial charge in [0.15, 0.2) is 0 Å². The predicted octanol–water partition coefficient (Wildman–Crippen LogP) is 3.14. The highest BCUT2D eigenvalue weighted by Crippen LogP contribution is 2.41. The highest BCUT2D eigenvalue weighted by atomic mass is 35.5. The van der Waals surface area contributed by atoms with Crippen molar-refractivity contribution in [2.24, 2.45) is 0 Å². The Balaban J connectivity index is 0.00000435. The fourth-order valence-corrected chi connectivity index (χ4v) is 6.57. The number of halogens is 4. The van der Waals surface area contributed by atoms with Gasteiger partial charge in [-0.1, -0.05) is 37.3 Å². The number of aromatic nitrogens is 4. The summed E-state index contributed by atoms with van der Waals surface area (Å²) in [6.45, 7) is 3.97. The number of carbonyl (C=O) groups excluding carboxylic acids is 3. The number of ether oxygens (including phenoxy) is 3. The molecule has 0 aliphatic carbocycles. The second kappa shape index (κ2) is 20.6. The van der Waals surface area contributed by atoms with Gasteiger partial charge in [-0.15, -0.1) is 28.4 Å². The van der Waals surface area contributed by atoms with Crippen LogP contribution in [0.15, 0.2) is 84.8 Å². The Kier molecular flexibility index (Phi) is 16.6. The Bertz CT molecular complexity index is 2200. The number of esters is 1. The first-order valence-corrected chi connectivity index (χ1v) is 17.9. The molecule has 0 radical (unpaired) electrons. The van der Waals surface area contributed by atoms with Gasteiger partial charge in [-0.2, -0.15) is 14.7 Å². The average molecular weight is 847 g/mol. The molecule has 2 aromatic heterocycles. The van der Waals surface area contributed by atoms with Crippen LogP contribution >= 0.6 is 23.7 Å². The van der Waals surface area contributed by atoms with Crippen LogP contribution in [0.2, 0.25) is 0 Å². The summed E-state index contributed by atoms with van der Waals surface area (Å²) in [5.41, 5.74) is -0.257. The number of nitrogens with one attached hydrogen (secondary N) is 1. The highest BCUT2D eigenvalue weighted by molar-refractivity contribution is 7.10. The van der Waals surface area contributed by atoms with Crippen LogP contribution in [0.3, 0.4) is 0 Å². The molecule has 0 aliphatic heterocycles. The monoisotopic (exact) mass is 845 g/mol. The van der Waals surface area contributed by atoms with Crippen LogP contribution in [0, 0.1) is 23.0 Å². The molecule has 3 unspecified atom stereocenters. The number of carbonyl (C=O) groups is 3. The van der Waals surface area contributed by atoms with E-state index in [0.29, 0.717) is 26.7 Å². The Morgan fingerprint density at radius 1 is 1.09 bits per heavy atom. The maximum Gasteiger partial charge on any atom is 0.426 e. The summed E-state index contributed by atoms with van der Waals surface area (Å²) in [5, 5.41) is 30.6. The number of hydrogen-bond acceptors (Lipinski definition) is 12. The van der Waals surface area contributed by atoms with Gasteiger partial charge in [0.1, 0.15) is 30.4 Å². The highest BCUT2D eigenvalue weighted by Gasteiger charge is 2.44. The summed E-state index contributed by atoms with van der Waals surface area (Å²) >= 11 is 1.22. The number of nitrogens with zero attached hydrogens (tertiary/aromatic N) is 6. The number of anilines is 1. The van der Waals surface area contributed by atoms with Gasteiger partial charge in [0.2, 0.25) is 12.6 Å². The molecule has 14 nitrogen and oxygen atoms in total. The lowest BCUT2D eigenvalue weighted by molar-refractivity contribution is -0.753. The van der Waals surface area contributed by atoms with Crippen molar-refractivity contribution in [3.05, 3.63) is 118 Å². The molecule has 0 spiro atoms. The van der Waals surface area contributed by atoms with Crippen LogP contribution in [-0.4, -0.2) is 58.2 Å². The summed E-state index contributed by atoms with van der Waals surface area (Å²) < 4.78 is 48.7. The molecule has 0 saturated heterocycles. The van der Waals surface area contributed by atoms with Crippen molar-refractivity contribution in [2.45, 2.75) is 51.7 Å². The quantitative estimate of drug-likeness (QED) is 0.0956. The molecule has 2 N–H and O–H groups in total. The fraction of sp³-hybridized carbons (Fsp3) is 0.289. The van der Waals surface area contributed by atoms with Crippen LogP contribution in [0.1, 0.15) is 54.6 Å². The van der Waals surface area contributed by atoms with Crippen LogP contribution < -0.4 is 27.2 Å². The van der Waals surface area contributed by atoms with Gasteiger partial charge in [-0.25, -0.2) is 23.4 Å². The van der Waals surface area contributed by atoms with Crippen molar-refractivity contribution in [1.29, 1.82) is 5.26 Å². The molecule has 19 heteroatoms. The normalized spacial score (nSPS) is 12.7. The molecular formula is C38H39Cl2F2N7O7S. The van der Waals surface area contributed by atoms with Crippen LogP contribution in [0.4, 0.5) is 24.1 Å². The van der Waals surface area contributed by atoms with Gasteiger partial charge < -0.3 is 37.0 Å². The van der Waals surface area contributed by atoms with Crippen LogP contribution in [0.25, 0.3) is 11.3 Å². The second-order valence-corrected chi connectivity index (χ2v) is 13.1. The number of nitriles is 1. The Hall–Kier alpha value is -5.51. The zero-order valence-electron chi connectivity index (χ0n) is 31.1. The van der Waals surface area contributed by atoms with E-state index in [2.05, 4.69) is 21.5 Å². The number of imide groups is 1. The topological polar surface area (TPSA) is 173 Å². The molecule has 3 atom stereocenters. The van der Waals surface area contributed by atoms with Gasteiger partial charge in [-0.3, -0.25) is 4.79 Å². The van der Waals surface area contributed by atoms with E-state index in [-0.39, 0.29) is 62.4 Å². The van der Waals surface area contributed by atoms with Crippen LogP contribution in [-0.2, 0) is 37.8 Å².